The van der Waals surface area contributed by atoms with Crippen molar-refractivity contribution in [3.8, 4) is 0 Å². The molecule has 0 bridgehead atoms. The summed E-state index contributed by atoms with van der Waals surface area (Å²) < 4.78 is 9.82. The molecule has 1 aliphatic rings. The number of aryl methyl sites for hydroxylation is 2. The van der Waals surface area contributed by atoms with E-state index in [4.69, 9.17) is 4.74 Å². The van der Waals surface area contributed by atoms with E-state index in [0.29, 0.717) is 6.04 Å². The monoisotopic (exact) mass is 491 g/mol. The van der Waals surface area contributed by atoms with Crippen LogP contribution in [0.25, 0.3) is 11.0 Å². The number of benzene rings is 2. The Kier molecular flexibility index (Phi) is 10.7. The van der Waals surface area contributed by atoms with Gasteiger partial charge in [0.05, 0.1) is 11.0 Å². The van der Waals surface area contributed by atoms with Gasteiger partial charge in [0.1, 0.15) is 0 Å². The van der Waals surface area contributed by atoms with Crippen LogP contribution in [0.1, 0.15) is 75.3 Å². The molecular weight excluding hydrogens is 446 g/mol. The smallest absolute Gasteiger partial charge is 0.329 e. The highest BCUT2D eigenvalue weighted by atomic mass is 16.5. The number of likely N-dealkylation sites (N-methyl/N-ethyl adjacent to an activating group) is 1. The molecule has 5 nitrogen and oxygen atoms in total. The van der Waals surface area contributed by atoms with E-state index in [1.54, 1.807) is 0 Å². The van der Waals surface area contributed by atoms with E-state index in [1.165, 1.54) is 62.5 Å². The molecule has 0 aliphatic carbocycles. The van der Waals surface area contributed by atoms with Crippen molar-refractivity contribution >= 4 is 11.0 Å². The Morgan fingerprint density at radius 2 is 1.53 bits per heavy atom. The third-order valence-electron chi connectivity index (χ3n) is 7.67. The van der Waals surface area contributed by atoms with Gasteiger partial charge in [0, 0.05) is 32.3 Å². The molecule has 3 aromatic rings. The number of imidazole rings is 1. The number of hydrogen-bond donors (Lipinski definition) is 1. The van der Waals surface area contributed by atoms with Gasteiger partial charge < -0.3 is 10.1 Å². The molecule has 0 saturated carbocycles. The first-order valence-corrected chi connectivity index (χ1v) is 14.3. The minimum atomic E-state index is 0.163. The first-order valence-electron chi connectivity index (χ1n) is 14.3. The molecule has 0 unspecified atom stereocenters. The molecule has 196 valence electrons. The quantitative estimate of drug-likeness (QED) is 0.232. The number of rotatable bonds is 17. The molecule has 5 heteroatoms. The van der Waals surface area contributed by atoms with E-state index in [1.807, 2.05) is 16.2 Å². The predicted molar refractivity (Wildman–Crippen MR) is 150 cm³/mol. The fourth-order valence-corrected chi connectivity index (χ4v) is 5.56. The van der Waals surface area contributed by atoms with Crippen LogP contribution in [0.4, 0.5) is 0 Å². The Morgan fingerprint density at radius 1 is 0.833 bits per heavy atom. The summed E-state index contributed by atoms with van der Waals surface area (Å²) in [5, 5.41) is 3.35. The molecule has 2 aromatic carbocycles. The summed E-state index contributed by atoms with van der Waals surface area (Å²) in [5.41, 5.74) is 5.16. The normalized spacial score (nSPS) is 15.1. The standard InChI is InChI=1S/C31H45N3O2/c1-32-28-24-27-19-15-20-29-30(27)34(25-28)31(35)33(29)21-12-6-4-2-3-5-7-13-22-36-23-14-11-18-26-16-9-8-10-17-26/h8-10,15-17,19-20,28,32H,2-7,11-14,18,21-25H2,1H3/t28-/m1/s1. The van der Waals surface area contributed by atoms with Crippen molar-refractivity contribution in [2.24, 2.45) is 0 Å². The molecule has 0 radical (unpaired) electrons. The number of unbranched alkanes of at least 4 members (excludes halogenated alkanes) is 8. The Morgan fingerprint density at radius 3 is 2.28 bits per heavy atom. The molecular formula is C31H45N3O2. The third kappa shape index (κ3) is 7.33. The van der Waals surface area contributed by atoms with E-state index >= 15 is 0 Å². The Balaban J connectivity index is 1.02. The molecule has 1 atom stereocenters. The zero-order chi connectivity index (χ0) is 25.0. The highest BCUT2D eigenvalue weighted by molar-refractivity contribution is 5.80. The number of aromatic nitrogens is 2. The predicted octanol–water partition coefficient (Wildman–Crippen LogP) is 6.11. The van der Waals surface area contributed by atoms with E-state index < -0.39 is 0 Å². The Hall–Kier alpha value is -2.37. The van der Waals surface area contributed by atoms with Crippen molar-refractivity contribution in [2.75, 3.05) is 20.3 Å². The van der Waals surface area contributed by atoms with Crippen LogP contribution in [-0.4, -0.2) is 35.4 Å². The van der Waals surface area contributed by atoms with Crippen LogP contribution >= 0.6 is 0 Å². The first kappa shape index (κ1) is 26.7. The molecule has 0 spiro atoms. The lowest BCUT2D eigenvalue weighted by Gasteiger charge is -2.22. The van der Waals surface area contributed by atoms with Crippen LogP contribution in [0.5, 0.6) is 0 Å². The molecule has 36 heavy (non-hydrogen) atoms. The van der Waals surface area contributed by atoms with Gasteiger partial charge in [-0.3, -0.25) is 9.13 Å². The van der Waals surface area contributed by atoms with Gasteiger partial charge in [0.15, 0.2) is 0 Å². The van der Waals surface area contributed by atoms with Gasteiger partial charge in [-0.05, 0) is 62.8 Å². The second-order valence-corrected chi connectivity index (χ2v) is 10.4. The van der Waals surface area contributed by atoms with Crippen molar-refractivity contribution in [3.05, 3.63) is 70.1 Å². The molecule has 1 N–H and O–H groups in total. The average Bonchev–Trinajstić information content (AvgIpc) is 3.18. The third-order valence-corrected chi connectivity index (χ3v) is 7.67. The second-order valence-electron chi connectivity index (χ2n) is 10.4. The fraction of sp³-hybridized carbons (Fsp3) is 0.581. The van der Waals surface area contributed by atoms with E-state index in [9.17, 15) is 4.79 Å². The van der Waals surface area contributed by atoms with Crippen molar-refractivity contribution in [3.63, 3.8) is 0 Å². The molecule has 0 saturated heterocycles. The Bertz CT molecular complexity index is 1100. The molecule has 2 heterocycles. The second kappa shape index (κ2) is 14.4. The average molecular weight is 492 g/mol. The number of hydrogen-bond acceptors (Lipinski definition) is 3. The van der Waals surface area contributed by atoms with Gasteiger partial charge in [0.2, 0.25) is 0 Å². The first-order chi connectivity index (χ1) is 17.8. The number of ether oxygens (including phenoxy) is 1. The fourth-order valence-electron chi connectivity index (χ4n) is 5.56. The highest BCUT2D eigenvalue weighted by Crippen LogP contribution is 2.24. The highest BCUT2D eigenvalue weighted by Gasteiger charge is 2.24. The summed E-state index contributed by atoms with van der Waals surface area (Å²) in [6.07, 6.45) is 14.4. The van der Waals surface area contributed by atoms with Crippen LogP contribution in [0, 0.1) is 0 Å². The molecule has 0 fully saturated rings. The van der Waals surface area contributed by atoms with Crippen molar-refractivity contribution in [1.82, 2.24) is 14.5 Å². The number of nitrogens with one attached hydrogen (secondary N) is 1. The summed E-state index contributed by atoms with van der Waals surface area (Å²) >= 11 is 0. The summed E-state index contributed by atoms with van der Waals surface area (Å²) in [5.74, 6) is 0. The molecule has 0 amide bonds. The lowest BCUT2D eigenvalue weighted by atomic mass is 10.0. The van der Waals surface area contributed by atoms with E-state index in [2.05, 4.69) is 53.8 Å². The largest absolute Gasteiger partial charge is 0.381 e. The maximum absolute atomic E-state index is 13.1. The zero-order valence-electron chi connectivity index (χ0n) is 22.2. The van der Waals surface area contributed by atoms with Crippen molar-refractivity contribution in [2.45, 2.75) is 96.2 Å². The topological polar surface area (TPSA) is 48.2 Å². The minimum Gasteiger partial charge on any atom is -0.381 e. The summed E-state index contributed by atoms with van der Waals surface area (Å²) in [6, 6.07) is 17.4. The lowest BCUT2D eigenvalue weighted by molar-refractivity contribution is 0.126. The number of para-hydroxylation sites is 1. The number of nitrogens with zero attached hydrogens (tertiary/aromatic N) is 2. The van der Waals surface area contributed by atoms with Crippen molar-refractivity contribution in [1.29, 1.82) is 0 Å². The maximum atomic E-state index is 13.1. The van der Waals surface area contributed by atoms with E-state index in [-0.39, 0.29) is 5.69 Å². The van der Waals surface area contributed by atoms with Crippen LogP contribution in [0.3, 0.4) is 0 Å². The van der Waals surface area contributed by atoms with Gasteiger partial charge >= 0.3 is 5.69 Å². The van der Waals surface area contributed by atoms with Gasteiger partial charge in [-0.25, -0.2) is 4.79 Å². The molecule has 1 aromatic heterocycles. The van der Waals surface area contributed by atoms with Crippen LogP contribution in [0.15, 0.2) is 53.3 Å². The van der Waals surface area contributed by atoms with Gasteiger partial charge in [-0.1, -0.05) is 81.0 Å². The summed E-state index contributed by atoms with van der Waals surface area (Å²) in [4.78, 5) is 13.1. The molecule has 4 rings (SSSR count). The summed E-state index contributed by atoms with van der Waals surface area (Å²) in [6.45, 7) is 3.41. The summed E-state index contributed by atoms with van der Waals surface area (Å²) in [7, 11) is 1.99. The maximum Gasteiger partial charge on any atom is 0.329 e. The minimum absolute atomic E-state index is 0.163. The van der Waals surface area contributed by atoms with Crippen LogP contribution in [0.2, 0.25) is 0 Å². The van der Waals surface area contributed by atoms with Gasteiger partial charge in [-0.15, -0.1) is 0 Å². The van der Waals surface area contributed by atoms with Gasteiger partial charge in [0.25, 0.3) is 0 Å². The Labute approximate surface area is 216 Å². The lowest BCUT2D eigenvalue weighted by Crippen LogP contribution is -2.39. The SMILES string of the molecule is CN[C@@H]1Cc2cccc3c2n(c(=O)n3CCCCCCCCCCOCCCCc2ccccc2)C1. The van der Waals surface area contributed by atoms with E-state index in [0.717, 1.165) is 63.0 Å². The zero-order valence-corrected chi connectivity index (χ0v) is 22.2. The van der Waals surface area contributed by atoms with Crippen molar-refractivity contribution < 1.29 is 4.74 Å². The van der Waals surface area contributed by atoms with Gasteiger partial charge in [-0.2, -0.15) is 0 Å². The van der Waals surface area contributed by atoms with Crippen LogP contribution < -0.4 is 11.0 Å². The van der Waals surface area contributed by atoms with Crippen LogP contribution in [-0.2, 0) is 30.7 Å². The molecule has 1 aliphatic heterocycles.